The average molecular weight is 634 g/mol. The number of aromatic hydroxyl groups is 1. The van der Waals surface area contributed by atoms with Crippen molar-refractivity contribution in [3.8, 4) is 22.6 Å². The van der Waals surface area contributed by atoms with E-state index in [-0.39, 0.29) is 63.2 Å². The Bertz CT molecular complexity index is 1270. The summed E-state index contributed by atoms with van der Waals surface area (Å²) in [5, 5.41) is 34.0. The van der Waals surface area contributed by atoms with Crippen molar-refractivity contribution in [2.75, 3.05) is 40.1 Å². The van der Waals surface area contributed by atoms with Crippen molar-refractivity contribution in [2.45, 2.75) is 71.8 Å². The molecule has 0 saturated carbocycles. The van der Waals surface area contributed by atoms with Crippen LogP contribution in [0.2, 0.25) is 0 Å². The van der Waals surface area contributed by atoms with Crippen molar-refractivity contribution in [1.82, 2.24) is 5.32 Å². The van der Waals surface area contributed by atoms with Crippen LogP contribution >= 0.6 is 0 Å². The number of aliphatic hydroxyl groups excluding tert-OH is 2. The Morgan fingerprint density at radius 2 is 1.84 bits per heavy atom. The van der Waals surface area contributed by atoms with E-state index in [1.54, 1.807) is 13.2 Å². The maximum absolute atomic E-state index is 13.4. The molecule has 45 heavy (non-hydrogen) atoms. The zero-order chi connectivity index (χ0) is 32.1. The van der Waals surface area contributed by atoms with Crippen LogP contribution in [0.1, 0.15) is 83.1 Å². The highest BCUT2D eigenvalue weighted by Crippen LogP contribution is 2.43. The lowest BCUT2D eigenvalue weighted by Gasteiger charge is -2.32. The molecule has 10 heteroatoms. The van der Waals surface area contributed by atoms with Crippen molar-refractivity contribution in [2.24, 2.45) is 17.8 Å². The second-order valence-corrected chi connectivity index (χ2v) is 11.9. The van der Waals surface area contributed by atoms with Gasteiger partial charge in [0.25, 0.3) is 0 Å². The molecular weight excluding hydrogens is 578 g/mol. The van der Waals surface area contributed by atoms with Crippen LogP contribution in [-0.2, 0) is 27.3 Å². The van der Waals surface area contributed by atoms with Crippen molar-refractivity contribution in [1.29, 1.82) is 0 Å². The summed E-state index contributed by atoms with van der Waals surface area (Å²) in [5.74, 6) is -1.60. The van der Waals surface area contributed by atoms with Gasteiger partial charge in [-0.3, -0.25) is 14.4 Å². The van der Waals surface area contributed by atoms with E-state index < -0.39 is 18.4 Å². The molecule has 0 heterocycles. The molecule has 1 aliphatic rings. The highest BCUT2D eigenvalue weighted by Gasteiger charge is 2.35. The van der Waals surface area contributed by atoms with Gasteiger partial charge >= 0.3 is 0 Å². The number of Topliss-reactive ketones (excluding diaryl/α,β-unsaturated/α-hetero) is 3. The number of carbonyl (C=O) groups is 3. The van der Waals surface area contributed by atoms with Crippen LogP contribution < -0.4 is 10.1 Å². The predicted octanol–water partition coefficient (Wildman–Crippen LogP) is 4.32. The van der Waals surface area contributed by atoms with Gasteiger partial charge in [0.05, 0.1) is 25.7 Å². The molecule has 6 N–H and O–H groups in total. The fraction of sp³-hybridized carbons (Fsp3) is 0.571. The first-order valence-electron chi connectivity index (χ1n) is 15.8. The number of phenolic OH excluding ortho intramolecular Hbond substituents is 1. The van der Waals surface area contributed by atoms with E-state index in [1.807, 2.05) is 24.3 Å². The number of unbranched alkanes of at least 4 members (excludes halogenated alkanes) is 1. The van der Waals surface area contributed by atoms with Crippen LogP contribution in [0.3, 0.4) is 0 Å². The number of carbonyl (C=O) groups excluding carboxylic acids is 3. The second-order valence-electron chi connectivity index (χ2n) is 11.9. The number of ether oxygens (including phenoxy) is 2. The van der Waals surface area contributed by atoms with Crippen LogP contribution in [0.4, 0.5) is 0 Å². The van der Waals surface area contributed by atoms with Gasteiger partial charge in [0.2, 0.25) is 0 Å². The zero-order valence-corrected chi connectivity index (χ0v) is 26.9. The van der Waals surface area contributed by atoms with E-state index in [9.17, 15) is 29.7 Å². The van der Waals surface area contributed by atoms with E-state index in [1.165, 1.54) is 6.92 Å². The van der Waals surface area contributed by atoms with E-state index >= 15 is 0 Å². The molecule has 254 valence electrons. The van der Waals surface area contributed by atoms with E-state index in [4.69, 9.17) is 9.47 Å². The highest BCUT2D eigenvalue weighted by molar-refractivity contribution is 6.03. The van der Waals surface area contributed by atoms with Crippen LogP contribution in [0.15, 0.2) is 30.3 Å². The lowest BCUT2D eigenvalue weighted by Crippen LogP contribution is -2.32. The van der Waals surface area contributed by atoms with Crippen LogP contribution in [-0.4, -0.2) is 78.2 Å². The number of rotatable bonds is 20. The molecule has 0 saturated heterocycles. The Morgan fingerprint density at radius 3 is 2.51 bits per heavy atom. The van der Waals surface area contributed by atoms with Crippen LogP contribution in [0, 0.1) is 17.8 Å². The third-order valence-corrected chi connectivity index (χ3v) is 8.44. The molecule has 2 aromatic rings. The van der Waals surface area contributed by atoms with Gasteiger partial charge in [0, 0.05) is 47.1 Å². The maximum atomic E-state index is 13.4. The van der Waals surface area contributed by atoms with Gasteiger partial charge in [0.1, 0.15) is 23.1 Å². The minimum absolute atomic E-state index is 0. The molecule has 3 atom stereocenters. The fourth-order valence-electron chi connectivity index (χ4n) is 6.23. The van der Waals surface area contributed by atoms with Crippen LogP contribution in [0.25, 0.3) is 11.1 Å². The van der Waals surface area contributed by atoms with Gasteiger partial charge in [-0.2, -0.15) is 0 Å². The summed E-state index contributed by atoms with van der Waals surface area (Å²) in [5.41, 5.74) is 3.68. The Hall–Kier alpha value is -3.15. The molecule has 0 aliphatic heterocycles. The van der Waals surface area contributed by atoms with Crippen molar-refractivity contribution in [3.05, 3.63) is 47.0 Å². The Labute approximate surface area is 269 Å². The standard InChI is InChI=1S/C35H49NO8.H2O.2H2/c1-4-5-14-44-15-6-12-36-21-24-7-10-34(43-3)28(18-24)27-8-9-31(40)35-29(27)19-25(20-33(35)42)17-26(11-13-37)30(22-38)32(41)16-23(2)39;;;/h7-10,18,25-26,30,36-38,40H,4-6,11-17,19-22H2,1-3H3;1H2;2*1H. The summed E-state index contributed by atoms with van der Waals surface area (Å²) in [7, 11) is 1.60. The van der Waals surface area contributed by atoms with E-state index in [2.05, 4.69) is 12.2 Å². The van der Waals surface area contributed by atoms with Gasteiger partial charge in [-0.25, -0.2) is 0 Å². The highest BCUT2D eigenvalue weighted by atomic mass is 16.5. The summed E-state index contributed by atoms with van der Waals surface area (Å²) in [6.07, 6.45) is 4.17. The smallest absolute Gasteiger partial charge is 0.167 e. The molecule has 0 bridgehead atoms. The number of phenols is 1. The van der Waals surface area contributed by atoms with E-state index in [0.29, 0.717) is 30.7 Å². The summed E-state index contributed by atoms with van der Waals surface area (Å²) in [6.45, 7) is 5.85. The Balaban J connectivity index is 0.00000705. The molecular formula is C35H55NO9. The van der Waals surface area contributed by atoms with Gasteiger partial charge in [-0.05, 0) is 92.3 Å². The largest absolute Gasteiger partial charge is 0.507 e. The molecule has 2 aromatic carbocycles. The Kier molecular flexibility index (Phi) is 16.4. The van der Waals surface area contributed by atoms with Crippen molar-refractivity contribution >= 4 is 17.3 Å². The molecule has 1 aliphatic carbocycles. The number of benzene rings is 2. The van der Waals surface area contributed by atoms with Gasteiger partial charge in [-0.1, -0.05) is 25.5 Å². The summed E-state index contributed by atoms with van der Waals surface area (Å²) < 4.78 is 11.4. The lowest BCUT2D eigenvalue weighted by molar-refractivity contribution is -0.131. The molecule has 3 unspecified atom stereocenters. The third kappa shape index (κ3) is 10.7. The molecule has 3 rings (SSSR count). The van der Waals surface area contributed by atoms with Crippen molar-refractivity contribution < 1.29 is 47.5 Å². The first kappa shape index (κ1) is 38.0. The number of aliphatic hydroxyl groups is 2. The number of fused-ring (bicyclic) bond motifs is 1. The monoisotopic (exact) mass is 633 g/mol. The first-order valence-corrected chi connectivity index (χ1v) is 15.8. The Morgan fingerprint density at radius 1 is 1.09 bits per heavy atom. The predicted molar refractivity (Wildman–Crippen MR) is 177 cm³/mol. The first-order chi connectivity index (χ1) is 21.2. The summed E-state index contributed by atoms with van der Waals surface area (Å²) in [4.78, 5) is 37.8. The number of ketones is 3. The summed E-state index contributed by atoms with van der Waals surface area (Å²) in [6, 6.07) is 9.31. The molecule has 10 nitrogen and oxygen atoms in total. The van der Waals surface area contributed by atoms with Gasteiger partial charge < -0.3 is 35.6 Å². The average Bonchev–Trinajstić information content (AvgIpc) is 2.98. The fourth-order valence-corrected chi connectivity index (χ4v) is 6.23. The number of hydrogen-bond donors (Lipinski definition) is 4. The molecule has 0 fully saturated rings. The zero-order valence-electron chi connectivity index (χ0n) is 26.9. The summed E-state index contributed by atoms with van der Waals surface area (Å²) >= 11 is 0. The molecule has 0 amide bonds. The second kappa shape index (κ2) is 19.4. The SMILES string of the molecule is CCCCOCCCNCc1ccc(OC)c(-c2ccc(O)c3c2CC(CC(CCO)C(CO)C(=O)CC(C)=O)CC3=O)c1.O.[HH].[HH]. The minimum atomic E-state index is -0.793. The van der Waals surface area contributed by atoms with E-state index in [0.717, 1.165) is 61.3 Å². The number of methoxy groups -OCH3 is 1. The normalized spacial score (nSPS) is 15.6. The van der Waals surface area contributed by atoms with Gasteiger partial charge in [0.15, 0.2) is 5.78 Å². The third-order valence-electron chi connectivity index (χ3n) is 8.44. The maximum Gasteiger partial charge on any atom is 0.167 e. The number of nitrogens with one attached hydrogen (secondary N) is 1. The van der Waals surface area contributed by atoms with Crippen LogP contribution in [0.5, 0.6) is 11.5 Å². The van der Waals surface area contributed by atoms with Gasteiger partial charge in [-0.15, -0.1) is 0 Å². The molecule has 0 spiro atoms. The quantitative estimate of drug-likeness (QED) is 0.122. The lowest BCUT2D eigenvalue weighted by atomic mass is 9.72. The van der Waals surface area contributed by atoms with Crippen molar-refractivity contribution in [3.63, 3.8) is 0 Å². The molecule has 0 radical (unpaired) electrons. The number of hydrogen-bond acceptors (Lipinski definition) is 9. The topological polar surface area (TPSA) is 174 Å². The minimum Gasteiger partial charge on any atom is -0.507 e. The molecule has 0 aromatic heterocycles.